The van der Waals surface area contributed by atoms with E-state index in [0.29, 0.717) is 5.92 Å². The van der Waals surface area contributed by atoms with Gasteiger partial charge in [0.15, 0.2) is 0 Å². The number of aryl methyl sites for hydroxylation is 1. The van der Waals surface area contributed by atoms with Crippen LogP contribution in [-0.4, -0.2) is 28.1 Å². The number of aromatic nitrogens is 3. The molecule has 1 aromatic rings. The molecule has 1 rings (SSSR count). The fourth-order valence-corrected chi connectivity index (χ4v) is 1.88. The van der Waals surface area contributed by atoms with Crippen LogP contribution in [0.1, 0.15) is 39.8 Å². The predicted molar refractivity (Wildman–Crippen MR) is 70.8 cm³/mol. The highest BCUT2D eigenvalue weighted by molar-refractivity contribution is 4.96. The quantitative estimate of drug-likeness (QED) is 0.771. The molecule has 0 saturated carbocycles. The van der Waals surface area contributed by atoms with Crippen LogP contribution in [-0.2, 0) is 13.5 Å². The molecule has 1 atom stereocenters. The lowest BCUT2D eigenvalue weighted by atomic mass is 9.78. The summed E-state index contributed by atoms with van der Waals surface area (Å²) in [6.07, 6.45) is 4.19. The summed E-state index contributed by atoms with van der Waals surface area (Å²) in [5.74, 6) is 0.589. The van der Waals surface area contributed by atoms with E-state index in [9.17, 15) is 0 Å². The van der Waals surface area contributed by atoms with Gasteiger partial charge in [0.2, 0.25) is 0 Å². The molecule has 0 aromatic carbocycles. The Morgan fingerprint density at radius 1 is 1.41 bits per heavy atom. The van der Waals surface area contributed by atoms with Gasteiger partial charge in [-0.05, 0) is 37.3 Å². The molecule has 0 aliphatic heterocycles. The first-order valence-corrected chi connectivity index (χ1v) is 6.49. The van der Waals surface area contributed by atoms with Crippen molar-refractivity contribution in [2.24, 2.45) is 18.4 Å². The van der Waals surface area contributed by atoms with Crippen LogP contribution >= 0.6 is 0 Å². The van der Waals surface area contributed by atoms with Crippen LogP contribution in [0.15, 0.2) is 6.20 Å². The molecular formula is C13H26N4. The molecule has 4 heteroatoms. The maximum Gasteiger partial charge on any atom is 0.0830 e. The zero-order valence-electron chi connectivity index (χ0n) is 11.8. The molecule has 1 aromatic heterocycles. The lowest BCUT2D eigenvalue weighted by Crippen LogP contribution is -2.33. The Hall–Kier alpha value is -0.900. The average Bonchev–Trinajstić information content (AvgIpc) is 2.61. The summed E-state index contributed by atoms with van der Waals surface area (Å²) < 4.78 is 1.77. The molecule has 0 aliphatic rings. The molecule has 4 nitrogen and oxygen atoms in total. The first kappa shape index (κ1) is 14.2. The van der Waals surface area contributed by atoms with Crippen molar-refractivity contribution in [3.05, 3.63) is 11.9 Å². The first-order valence-electron chi connectivity index (χ1n) is 6.49. The summed E-state index contributed by atoms with van der Waals surface area (Å²) in [7, 11) is 1.91. The van der Waals surface area contributed by atoms with E-state index in [-0.39, 0.29) is 5.41 Å². The third-order valence-corrected chi connectivity index (χ3v) is 3.15. The van der Waals surface area contributed by atoms with Gasteiger partial charge >= 0.3 is 0 Å². The Morgan fingerprint density at radius 2 is 2.12 bits per heavy atom. The molecule has 1 heterocycles. The van der Waals surface area contributed by atoms with Gasteiger partial charge in [-0.25, -0.2) is 0 Å². The van der Waals surface area contributed by atoms with Crippen LogP contribution < -0.4 is 5.32 Å². The van der Waals surface area contributed by atoms with Gasteiger partial charge < -0.3 is 5.32 Å². The van der Waals surface area contributed by atoms with Gasteiger partial charge in [0.05, 0.1) is 5.69 Å². The molecule has 1 N–H and O–H groups in total. The molecular weight excluding hydrogens is 212 g/mol. The molecule has 0 fully saturated rings. The number of nitrogens with zero attached hydrogens (tertiary/aromatic N) is 3. The van der Waals surface area contributed by atoms with Crippen molar-refractivity contribution in [2.45, 2.75) is 40.5 Å². The van der Waals surface area contributed by atoms with E-state index in [4.69, 9.17) is 0 Å². The molecule has 98 valence electrons. The summed E-state index contributed by atoms with van der Waals surface area (Å²) in [5, 5.41) is 11.7. The summed E-state index contributed by atoms with van der Waals surface area (Å²) >= 11 is 0. The lowest BCUT2D eigenvalue weighted by molar-refractivity contribution is 0.229. The molecule has 17 heavy (non-hydrogen) atoms. The minimum Gasteiger partial charge on any atom is -0.316 e. The Bertz CT molecular complexity index is 324. The molecule has 0 radical (unpaired) electrons. The summed E-state index contributed by atoms with van der Waals surface area (Å²) in [4.78, 5) is 0. The first-order chi connectivity index (χ1) is 7.93. The number of hydrogen-bond acceptors (Lipinski definition) is 3. The van der Waals surface area contributed by atoms with Crippen molar-refractivity contribution < 1.29 is 0 Å². The van der Waals surface area contributed by atoms with Crippen LogP contribution in [0.4, 0.5) is 0 Å². The van der Waals surface area contributed by atoms with Crippen molar-refractivity contribution in [3.8, 4) is 0 Å². The number of hydrogen-bond donors (Lipinski definition) is 1. The number of rotatable bonds is 6. The van der Waals surface area contributed by atoms with Gasteiger partial charge in [0, 0.05) is 13.2 Å². The van der Waals surface area contributed by atoms with Crippen molar-refractivity contribution in [1.82, 2.24) is 20.3 Å². The SMILES string of the molecule is CCCNCC(Cc1cn(C)nn1)C(C)(C)C. The molecule has 0 spiro atoms. The second kappa shape index (κ2) is 6.15. The van der Waals surface area contributed by atoms with E-state index in [1.54, 1.807) is 4.68 Å². The Kier molecular flexibility index (Phi) is 5.12. The molecule has 0 amide bonds. The second-order valence-electron chi connectivity index (χ2n) is 5.85. The van der Waals surface area contributed by atoms with Crippen molar-refractivity contribution in [3.63, 3.8) is 0 Å². The van der Waals surface area contributed by atoms with Crippen LogP contribution in [0.3, 0.4) is 0 Å². The summed E-state index contributed by atoms with van der Waals surface area (Å²) in [6.45, 7) is 11.2. The van der Waals surface area contributed by atoms with E-state index < -0.39 is 0 Å². The highest BCUT2D eigenvalue weighted by atomic mass is 15.4. The number of nitrogens with one attached hydrogen (secondary N) is 1. The van der Waals surface area contributed by atoms with Gasteiger partial charge in [-0.1, -0.05) is 32.9 Å². The van der Waals surface area contributed by atoms with Crippen LogP contribution in [0, 0.1) is 11.3 Å². The highest BCUT2D eigenvalue weighted by Crippen LogP contribution is 2.28. The Labute approximate surface area is 105 Å². The van der Waals surface area contributed by atoms with Gasteiger partial charge in [0.1, 0.15) is 0 Å². The third-order valence-electron chi connectivity index (χ3n) is 3.15. The van der Waals surface area contributed by atoms with Gasteiger partial charge in [-0.3, -0.25) is 4.68 Å². The van der Waals surface area contributed by atoms with Crippen LogP contribution in [0.5, 0.6) is 0 Å². The summed E-state index contributed by atoms with van der Waals surface area (Å²) in [6, 6.07) is 0. The highest BCUT2D eigenvalue weighted by Gasteiger charge is 2.25. The monoisotopic (exact) mass is 238 g/mol. The largest absolute Gasteiger partial charge is 0.316 e. The van der Waals surface area contributed by atoms with Gasteiger partial charge in [0.25, 0.3) is 0 Å². The Morgan fingerprint density at radius 3 is 2.59 bits per heavy atom. The summed E-state index contributed by atoms with van der Waals surface area (Å²) in [5.41, 5.74) is 1.38. The zero-order chi connectivity index (χ0) is 12.9. The van der Waals surface area contributed by atoms with E-state index in [0.717, 1.165) is 25.2 Å². The van der Waals surface area contributed by atoms with E-state index in [2.05, 4.69) is 43.3 Å². The standard InChI is InChI=1S/C13H26N4/c1-6-7-14-9-11(13(2,3)4)8-12-10-17(5)16-15-12/h10-11,14H,6-9H2,1-5H3. The van der Waals surface area contributed by atoms with E-state index in [1.807, 2.05) is 13.2 Å². The maximum atomic E-state index is 4.18. The van der Waals surface area contributed by atoms with Crippen molar-refractivity contribution in [1.29, 1.82) is 0 Å². The molecule has 0 aliphatic carbocycles. The smallest absolute Gasteiger partial charge is 0.0830 e. The van der Waals surface area contributed by atoms with Crippen molar-refractivity contribution in [2.75, 3.05) is 13.1 Å². The zero-order valence-corrected chi connectivity index (χ0v) is 11.8. The lowest BCUT2D eigenvalue weighted by Gasteiger charge is -2.30. The van der Waals surface area contributed by atoms with Crippen LogP contribution in [0.25, 0.3) is 0 Å². The molecule has 0 saturated heterocycles. The fourth-order valence-electron chi connectivity index (χ4n) is 1.88. The van der Waals surface area contributed by atoms with Crippen molar-refractivity contribution >= 4 is 0 Å². The predicted octanol–water partition coefficient (Wildman–Crippen LogP) is 2.02. The minimum absolute atomic E-state index is 0.290. The fraction of sp³-hybridized carbons (Fsp3) is 0.846. The van der Waals surface area contributed by atoms with Gasteiger partial charge in [-0.15, -0.1) is 5.10 Å². The van der Waals surface area contributed by atoms with Crippen LogP contribution in [0.2, 0.25) is 0 Å². The van der Waals surface area contributed by atoms with E-state index >= 15 is 0 Å². The third kappa shape index (κ3) is 4.86. The topological polar surface area (TPSA) is 42.7 Å². The van der Waals surface area contributed by atoms with Gasteiger partial charge in [-0.2, -0.15) is 0 Å². The molecule has 0 bridgehead atoms. The average molecular weight is 238 g/mol. The Balaban J connectivity index is 2.57. The normalized spacial score (nSPS) is 13.9. The maximum absolute atomic E-state index is 4.18. The second-order valence-corrected chi connectivity index (χ2v) is 5.85. The molecule has 1 unspecified atom stereocenters. The minimum atomic E-state index is 0.290. The van der Waals surface area contributed by atoms with E-state index in [1.165, 1.54) is 6.42 Å².